The summed E-state index contributed by atoms with van der Waals surface area (Å²) in [5, 5.41) is 4.00. The Morgan fingerprint density at radius 2 is 1.87 bits per heavy atom. The molecule has 0 atom stereocenters. The molecule has 4 aromatic rings. The van der Waals surface area contributed by atoms with Crippen LogP contribution in [0.15, 0.2) is 64.3 Å². The SMILES string of the molecule is Cc1ccc2nc(COC(=O)c3nn(-c4ccccc4F)c(C)cc3=O)cc(=O)n2c1. The summed E-state index contributed by atoms with van der Waals surface area (Å²) in [5.41, 5.74) is 0.490. The number of hydrogen-bond donors (Lipinski definition) is 0. The summed E-state index contributed by atoms with van der Waals surface area (Å²) in [5.74, 6) is -1.56. The summed E-state index contributed by atoms with van der Waals surface area (Å²) in [6, 6.07) is 11.8. The lowest BCUT2D eigenvalue weighted by Crippen LogP contribution is -2.25. The summed E-state index contributed by atoms with van der Waals surface area (Å²) in [6.45, 7) is 3.10. The van der Waals surface area contributed by atoms with Crippen LogP contribution in [0.1, 0.15) is 27.4 Å². The highest BCUT2D eigenvalue weighted by Gasteiger charge is 2.18. The zero-order chi connectivity index (χ0) is 22.1. The fraction of sp³-hybridized carbons (Fsp3) is 0.136. The number of aromatic nitrogens is 4. The summed E-state index contributed by atoms with van der Waals surface area (Å²) in [7, 11) is 0. The van der Waals surface area contributed by atoms with Gasteiger partial charge < -0.3 is 4.74 Å². The molecular formula is C22H17FN4O4. The first-order chi connectivity index (χ1) is 14.8. The predicted octanol–water partition coefficient (Wildman–Crippen LogP) is 2.35. The van der Waals surface area contributed by atoms with Gasteiger partial charge in [-0.25, -0.2) is 18.9 Å². The van der Waals surface area contributed by atoms with E-state index >= 15 is 0 Å². The number of para-hydroxylation sites is 1. The lowest BCUT2D eigenvalue weighted by Gasteiger charge is -2.11. The molecule has 0 fully saturated rings. The Morgan fingerprint density at radius 3 is 2.65 bits per heavy atom. The van der Waals surface area contributed by atoms with E-state index < -0.39 is 22.9 Å². The highest BCUT2D eigenvalue weighted by molar-refractivity contribution is 5.86. The Labute approximate surface area is 175 Å². The monoisotopic (exact) mass is 420 g/mol. The van der Waals surface area contributed by atoms with Crippen LogP contribution in [0.25, 0.3) is 11.3 Å². The first kappa shape index (κ1) is 20.1. The fourth-order valence-corrected chi connectivity index (χ4v) is 3.10. The maximum Gasteiger partial charge on any atom is 0.363 e. The lowest BCUT2D eigenvalue weighted by atomic mass is 10.2. The molecule has 8 nitrogen and oxygen atoms in total. The van der Waals surface area contributed by atoms with Crippen molar-refractivity contribution in [3.05, 3.63) is 104 Å². The van der Waals surface area contributed by atoms with Crippen LogP contribution in [0.2, 0.25) is 0 Å². The number of fused-ring (bicyclic) bond motifs is 1. The molecule has 0 saturated carbocycles. The molecule has 156 valence electrons. The van der Waals surface area contributed by atoms with E-state index in [1.54, 1.807) is 31.3 Å². The van der Waals surface area contributed by atoms with E-state index in [1.807, 2.05) is 6.92 Å². The minimum atomic E-state index is -0.999. The topological polar surface area (TPSA) is 95.6 Å². The number of carbonyl (C=O) groups is 1. The van der Waals surface area contributed by atoms with Crippen molar-refractivity contribution in [3.63, 3.8) is 0 Å². The Bertz CT molecular complexity index is 1440. The second-order valence-corrected chi connectivity index (χ2v) is 6.96. The number of hydrogen-bond acceptors (Lipinski definition) is 6. The zero-order valence-corrected chi connectivity index (χ0v) is 16.7. The van der Waals surface area contributed by atoms with Crippen molar-refractivity contribution in [3.8, 4) is 5.69 Å². The molecule has 0 spiro atoms. The number of aryl methyl sites for hydroxylation is 2. The Morgan fingerprint density at radius 1 is 1.10 bits per heavy atom. The quantitative estimate of drug-likeness (QED) is 0.471. The number of carbonyl (C=O) groups excluding carboxylic acids is 1. The van der Waals surface area contributed by atoms with Crippen LogP contribution >= 0.6 is 0 Å². The molecule has 3 aromatic heterocycles. The minimum absolute atomic E-state index is 0.0913. The third-order valence-corrected chi connectivity index (χ3v) is 4.59. The van der Waals surface area contributed by atoms with Crippen molar-refractivity contribution >= 4 is 11.6 Å². The molecular weight excluding hydrogens is 403 g/mol. The van der Waals surface area contributed by atoms with Gasteiger partial charge in [0.1, 0.15) is 23.8 Å². The molecule has 31 heavy (non-hydrogen) atoms. The first-order valence-corrected chi connectivity index (χ1v) is 9.35. The Hall–Kier alpha value is -4.14. The predicted molar refractivity (Wildman–Crippen MR) is 110 cm³/mol. The molecule has 4 rings (SSSR count). The molecule has 0 aliphatic carbocycles. The average Bonchev–Trinajstić information content (AvgIpc) is 2.73. The number of rotatable bonds is 4. The van der Waals surface area contributed by atoms with E-state index in [4.69, 9.17) is 4.74 Å². The third-order valence-electron chi connectivity index (χ3n) is 4.59. The number of pyridine rings is 1. The van der Waals surface area contributed by atoms with Gasteiger partial charge in [-0.1, -0.05) is 18.2 Å². The van der Waals surface area contributed by atoms with Gasteiger partial charge in [-0.3, -0.25) is 14.0 Å². The van der Waals surface area contributed by atoms with Crippen LogP contribution in [0.3, 0.4) is 0 Å². The molecule has 0 saturated heterocycles. The maximum atomic E-state index is 14.2. The van der Waals surface area contributed by atoms with E-state index in [2.05, 4.69) is 10.1 Å². The van der Waals surface area contributed by atoms with Gasteiger partial charge >= 0.3 is 5.97 Å². The van der Waals surface area contributed by atoms with Gasteiger partial charge in [0, 0.05) is 24.0 Å². The molecule has 0 unspecified atom stereocenters. The van der Waals surface area contributed by atoms with Crippen LogP contribution in [0.5, 0.6) is 0 Å². The highest BCUT2D eigenvalue weighted by Crippen LogP contribution is 2.13. The van der Waals surface area contributed by atoms with Crippen LogP contribution in [-0.4, -0.2) is 25.1 Å². The van der Waals surface area contributed by atoms with E-state index in [-0.39, 0.29) is 23.5 Å². The smallest absolute Gasteiger partial charge is 0.363 e. The van der Waals surface area contributed by atoms with E-state index in [9.17, 15) is 18.8 Å². The van der Waals surface area contributed by atoms with E-state index in [1.165, 1.54) is 34.7 Å². The molecule has 1 aromatic carbocycles. The zero-order valence-electron chi connectivity index (χ0n) is 16.7. The second kappa shape index (κ2) is 7.94. The molecule has 0 aliphatic heterocycles. The van der Waals surface area contributed by atoms with E-state index in [0.29, 0.717) is 11.3 Å². The number of esters is 1. The lowest BCUT2D eigenvalue weighted by molar-refractivity contribution is 0.0456. The van der Waals surface area contributed by atoms with E-state index in [0.717, 1.165) is 10.2 Å². The standard InChI is InChI=1S/C22H17FN4O4/c1-13-7-8-19-24-15(10-20(29)26(19)11-13)12-31-22(30)21-18(28)9-14(2)27(25-21)17-6-4-3-5-16(17)23/h3-11H,12H2,1-2H3. The molecule has 0 aliphatic rings. The van der Waals surface area contributed by atoms with Gasteiger partial charge in [0.05, 0.1) is 5.69 Å². The molecule has 3 heterocycles. The van der Waals surface area contributed by atoms with Crippen LogP contribution in [0.4, 0.5) is 4.39 Å². The van der Waals surface area contributed by atoms with Crippen molar-refractivity contribution in [1.82, 2.24) is 19.2 Å². The molecule has 0 radical (unpaired) electrons. The number of benzene rings is 1. The fourth-order valence-electron chi connectivity index (χ4n) is 3.10. The Balaban J connectivity index is 1.62. The van der Waals surface area contributed by atoms with Gasteiger partial charge in [-0.2, -0.15) is 5.10 Å². The Kier molecular flexibility index (Phi) is 5.16. The third kappa shape index (κ3) is 3.97. The second-order valence-electron chi connectivity index (χ2n) is 6.96. The molecule has 0 N–H and O–H groups in total. The molecule has 0 amide bonds. The van der Waals surface area contributed by atoms with Crippen molar-refractivity contribution in [2.75, 3.05) is 0 Å². The highest BCUT2D eigenvalue weighted by atomic mass is 19.1. The van der Waals surface area contributed by atoms with Gasteiger partial charge in [-0.15, -0.1) is 0 Å². The van der Waals surface area contributed by atoms with Gasteiger partial charge in [0.25, 0.3) is 5.56 Å². The van der Waals surface area contributed by atoms with Crippen molar-refractivity contribution in [2.24, 2.45) is 0 Å². The number of halogens is 1. The largest absolute Gasteiger partial charge is 0.454 e. The maximum absolute atomic E-state index is 14.2. The number of nitrogens with zero attached hydrogens (tertiary/aromatic N) is 4. The van der Waals surface area contributed by atoms with Gasteiger partial charge in [0.15, 0.2) is 0 Å². The average molecular weight is 420 g/mol. The van der Waals surface area contributed by atoms with Crippen molar-refractivity contribution in [2.45, 2.75) is 20.5 Å². The van der Waals surface area contributed by atoms with Crippen molar-refractivity contribution < 1.29 is 13.9 Å². The number of ether oxygens (including phenoxy) is 1. The summed E-state index contributed by atoms with van der Waals surface area (Å²) in [6.07, 6.45) is 1.65. The van der Waals surface area contributed by atoms with Gasteiger partial charge in [0.2, 0.25) is 11.1 Å². The van der Waals surface area contributed by atoms with Crippen LogP contribution in [0, 0.1) is 19.7 Å². The van der Waals surface area contributed by atoms with Crippen molar-refractivity contribution in [1.29, 1.82) is 0 Å². The normalized spacial score (nSPS) is 10.9. The summed E-state index contributed by atoms with van der Waals surface area (Å²) < 4.78 is 21.9. The molecule has 0 bridgehead atoms. The van der Waals surface area contributed by atoms with Gasteiger partial charge in [-0.05, 0) is 37.6 Å². The minimum Gasteiger partial charge on any atom is -0.454 e. The molecule has 9 heteroatoms. The first-order valence-electron chi connectivity index (χ1n) is 9.35. The summed E-state index contributed by atoms with van der Waals surface area (Å²) >= 11 is 0. The summed E-state index contributed by atoms with van der Waals surface area (Å²) in [4.78, 5) is 41.4. The van der Waals surface area contributed by atoms with Crippen LogP contribution < -0.4 is 11.0 Å². The van der Waals surface area contributed by atoms with Crippen LogP contribution in [-0.2, 0) is 11.3 Å².